The molecular formula is C15H25N3OS. The van der Waals surface area contributed by atoms with Crippen molar-refractivity contribution in [3.8, 4) is 0 Å². The van der Waals surface area contributed by atoms with E-state index in [-0.39, 0.29) is 12.1 Å². The zero-order chi connectivity index (χ0) is 14.7. The van der Waals surface area contributed by atoms with Gasteiger partial charge >= 0.3 is 6.03 Å². The van der Waals surface area contributed by atoms with Crippen LogP contribution in [-0.4, -0.2) is 17.1 Å². The van der Waals surface area contributed by atoms with Gasteiger partial charge in [-0.25, -0.2) is 9.78 Å². The van der Waals surface area contributed by atoms with Gasteiger partial charge in [-0.1, -0.05) is 19.8 Å². The van der Waals surface area contributed by atoms with Crippen LogP contribution in [0.5, 0.6) is 0 Å². The first-order chi connectivity index (χ1) is 9.45. The molecule has 0 spiro atoms. The maximum Gasteiger partial charge on any atom is 0.315 e. The summed E-state index contributed by atoms with van der Waals surface area (Å²) in [7, 11) is 0. The summed E-state index contributed by atoms with van der Waals surface area (Å²) in [5.41, 5.74) is 1.02. The number of urea groups is 1. The quantitative estimate of drug-likeness (QED) is 0.893. The molecule has 0 aliphatic heterocycles. The van der Waals surface area contributed by atoms with Crippen LogP contribution < -0.4 is 10.6 Å². The van der Waals surface area contributed by atoms with Crippen LogP contribution in [0.15, 0.2) is 0 Å². The Hall–Kier alpha value is -1.10. The molecule has 0 aromatic carbocycles. The number of nitrogens with zero attached hydrogens (tertiary/aromatic N) is 1. The summed E-state index contributed by atoms with van der Waals surface area (Å²) in [5, 5.41) is 7.19. The van der Waals surface area contributed by atoms with Gasteiger partial charge in [0.2, 0.25) is 0 Å². The molecule has 1 aliphatic rings. The summed E-state index contributed by atoms with van der Waals surface area (Å²) >= 11 is 1.66. The number of thiazole rings is 1. The SMILES string of the molecule is Cc1nc(C)c([C@H](C)NC(=O)N[C@@H]2CCC[C@@H](C)C2)s1. The van der Waals surface area contributed by atoms with Crippen molar-refractivity contribution in [2.75, 3.05) is 0 Å². The van der Waals surface area contributed by atoms with Crippen LogP contribution in [0, 0.1) is 19.8 Å². The molecule has 1 aromatic rings. The van der Waals surface area contributed by atoms with Crippen molar-refractivity contribution >= 4 is 17.4 Å². The van der Waals surface area contributed by atoms with E-state index in [1.807, 2.05) is 20.8 Å². The lowest BCUT2D eigenvalue weighted by Crippen LogP contribution is -2.44. The van der Waals surface area contributed by atoms with Crippen molar-refractivity contribution in [3.63, 3.8) is 0 Å². The van der Waals surface area contributed by atoms with Crippen molar-refractivity contribution < 1.29 is 4.79 Å². The molecule has 5 heteroatoms. The van der Waals surface area contributed by atoms with Gasteiger partial charge < -0.3 is 10.6 Å². The van der Waals surface area contributed by atoms with Gasteiger partial charge in [-0.05, 0) is 39.5 Å². The Labute approximate surface area is 125 Å². The number of rotatable bonds is 3. The van der Waals surface area contributed by atoms with Gasteiger partial charge in [0.05, 0.1) is 16.7 Å². The molecule has 0 unspecified atom stereocenters. The molecule has 2 rings (SSSR count). The Morgan fingerprint density at radius 1 is 1.40 bits per heavy atom. The van der Waals surface area contributed by atoms with E-state index in [9.17, 15) is 4.79 Å². The highest BCUT2D eigenvalue weighted by Gasteiger charge is 2.21. The highest BCUT2D eigenvalue weighted by atomic mass is 32.1. The molecule has 4 nitrogen and oxygen atoms in total. The molecule has 112 valence electrons. The van der Waals surface area contributed by atoms with Crippen LogP contribution in [0.2, 0.25) is 0 Å². The monoisotopic (exact) mass is 295 g/mol. The predicted molar refractivity (Wildman–Crippen MR) is 83.1 cm³/mol. The second-order valence-electron chi connectivity index (χ2n) is 5.99. The molecule has 20 heavy (non-hydrogen) atoms. The van der Waals surface area contributed by atoms with E-state index in [2.05, 4.69) is 22.5 Å². The summed E-state index contributed by atoms with van der Waals surface area (Å²) in [6.45, 7) is 8.27. The third kappa shape index (κ3) is 3.95. The van der Waals surface area contributed by atoms with Crippen molar-refractivity contribution in [1.82, 2.24) is 15.6 Å². The Balaban J connectivity index is 1.86. The van der Waals surface area contributed by atoms with Gasteiger partial charge in [-0.3, -0.25) is 0 Å². The average molecular weight is 295 g/mol. The number of hydrogen-bond donors (Lipinski definition) is 2. The Kier molecular flexibility index (Phi) is 5.02. The minimum Gasteiger partial charge on any atom is -0.335 e. The Morgan fingerprint density at radius 2 is 2.15 bits per heavy atom. The molecule has 1 saturated carbocycles. The number of aryl methyl sites for hydroxylation is 2. The molecule has 0 saturated heterocycles. The molecule has 3 atom stereocenters. The zero-order valence-electron chi connectivity index (χ0n) is 12.8. The summed E-state index contributed by atoms with van der Waals surface area (Å²) in [6, 6.07) is 0.291. The third-order valence-corrected chi connectivity index (χ3v) is 5.21. The average Bonchev–Trinajstić information content (AvgIpc) is 2.68. The Morgan fingerprint density at radius 3 is 2.75 bits per heavy atom. The second kappa shape index (κ2) is 6.57. The van der Waals surface area contributed by atoms with Gasteiger partial charge in [0.25, 0.3) is 0 Å². The summed E-state index contributed by atoms with van der Waals surface area (Å²) in [5.74, 6) is 0.720. The van der Waals surface area contributed by atoms with Crippen molar-refractivity contribution in [1.29, 1.82) is 0 Å². The van der Waals surface area contributed by atoms with Crippen LogP contribution in [0.1, 0.15) is 61.2 Å². The lowest BCUT2D eigenvalue weighted by Gasteiger charge is -2.28. The molecule has 0 radical (unpaired) electrons. The molecule has 1 aromatic heterocycles. The first kappa shape index (κ1) is 15.3. The van der Waals surface area contributed by atoms with Gasteiger partial charge in [0.1, 0.15) is 0 Å². The van der Waals surface area contributed by atoms with Gasteiger partial charge in [-0.15, -0.1) is 11.3 Å². The van der Waals surface area contributed by atoms with Gasteiger partial charge in [-0.2, -0.15) is 0 Å². The van der Waals surface area contributed by atoms with E-state index in [0.29, 0.717) is 6.04 Å². The summed E-state index contributed by atoms with van der Waals surface area (Å²) < 4.78 is 0. The molecular weight excluding hydrogens is 270 g/mol. The number of aromatic nitrogens is 1. The van der Waals surface area contributed by atoms with Crippen LogP contribution in [-0.2, 0) is 0 Å². The number of carbonyl (C=O) groups is 1. The maximum atomic E-state index is 12.1. The van der Waals surface area contributed by atoms with E-state index in [0.717, 1.165) is 34.3 Å². The van der Waals surface area contributed by atoms with Crippen LogP contribution in [0.25, 0.3) is 0 Å². The van der Waals surface area contributed by atoms with E-state index < -0.39 is 0 Å². The summed E-state index contributed by atoms with van der Waals surface area (Å²) in [4.78, 5) is 17.6. The molecule has 0 bridgehead atoms. The molecule has 2 N–H and O–H groups in total. The third-order valence-electron chi connectivity index (χ3n) is 3.95. The Bertz CT molecular complexity index is 472. The first-order valence-electron chi connectivity index (χ1n) is 7.46. The number of amides is 2. The van der Waals surface area contributed by atoms with Crippen molar-refractivity contribution in [2.45, 2.75) is 65.5 Å². The highest BCUT2D eigenvalue weighted by Crippen LogP contribution is 2.25. The number of carbonyl (C=O) groups excluding carboxylic acids is 1. The lowest BCUT2D eigenvalue weighted by molar-refractivity contribution is 0.225. The van der Waals surface area contributed by atoms with Crippen molar-refractivity contribution in [2.24, 2.45) is 5.92 Å². The second-order valence-corrected chi connectivity index (χ2v) is 7.23. The fourth-order valence-electron chi connectivity index (χ4n) is 3.00. The lowest BCUT2D eigenvalue weighted by atomic mass is 9.87. The van der Waals surface area contributed by atoms with E-state index in [1.165, 1.54) is 12.8 Å². The zero-order valence-corrected chi connectivity index (χ0v) is 13.6. The molecule has 1 aliphatic carbocycles. The molecule has 1 fully saturated rings. The standard InChI is InChI=1S/C15H25N3OS/c1-9-6-5-7-13(8-9)18-15(19)17-11(3)14-10(2)16-12(4)20-14/h9,11,13H,5-8H2,1-4H3,(H2,17,18,19)/t9-,11+,13-/m1/s1. The topological polar surface area (TPSA) is 54.0 Å². The first-order valence-corrected chi connectivity index (χ1v) is 8.28. The van der Waals surface area contributed by atoms with E-state index in [4.69, 9.17) is 0 Å². The minimum atomic E-state index is -0.0537. The molecule has 1 heterocycles. The summed E-state index contributed by atoms with van der Waals surface area (Å²) in [6.07, 6.45) is 4.70. The fourth-order valence-corrected chi connectivity index (χ4v) is 3.93. The van der Waals surface area contributed by atoms with E-state index in [1.54, 1.807) is 11.3 Å². The smallest absolute Gasteiger partial charge is 0.315 e. The van der Waals surface area contributed by atoms with Crippen LogP contribution in [0.3, 0.4) is 0 Å². The maximum absolute atomic E-state index is 12.1. The highest BCUT2D eigenvalue weighted by molar-refractivity contribution is 7.11. The number of nitrogens with one attached hydrogen (secondary N) is 2. The largest absolute Gasteiger partial charge is 0.335 e. The van der Waals surface area contributed by atoms with Crippen LogP contribution in [0.4, 0.5) is 4.79 Å². The van der Waals surface area contributed by atoms with Gasteiger partial charge in [0.15, 0.2) is 0 Å². The molecule has 2 amide bonds. The van der Waals surface area contributed by atoms with Crippen molar-refractivity contribution in [3.05, 3.63) is 15.6 Å². The van der Waals surface area contributed by atoms with E-state index >= 15 is 0 Å². The number of hydrogen-bond acceptors (Lipinski definition) is 3. The fraction of sp³-hybridized carbons (Fsp3) is 0.733. The van der Waals surface area contributed by atoms with Crippen LogP contribution >= 0.6 is 11.3 Å². The van der Waals surface area contributed by atoms with Gasteiger partial charge in [0, 0.05) is 10.9 Å². The predicted octanol–water partition coefficient (Wildman–Crippen LogP) is 3.70. The normalized spacial score (nSPS) is 24.2. The minimum absolute atomic E-state index is 0.0159.